The van der Waals surface area contributed by atoms with Crippen molar-refractivity contribution in [3.05, 3.63) is 100 Å². The SMILES string of the molecule is CCC/C(=C\c1cc(C)c(O)c(C)c1)CC[C@H]1OB(O)C[C@H]2C1=C(C(C)C)C[C@H]1C(=O)N(c3ccc(Nc4ccccc4)cc3)C(=O)[C@H]12. The molecule has 4 atom stereocenters. The van der Waals surface area contributed by atoms with Gasteiger partial charge in [-0.25, -0.2) is 0 Å². The van der Waals surface area contributed by atoms with Gasteiger partial charge >= 0.3 is 7.12 Å². The average molecular weight is 647 g/mol. The number of amides is 2. The lowest BCUT2D eigenvalue weighted by Gasteiger charge is -2.44. The van der Waals surface area contributed by atoms with Gasteiger partial charge in [-0.1, -0.05) is 62.6 Å². The molecule has 2 heterocycles. The molecule has 7 nitrogen and oxygen atoms in total. The second-order valence-electron chi connectivity index (χ2n) is 14.0. The van der Waals surface area contributed by atoms with Crippen molar-refractivity contribution in [2.24, 2.45) is 23.7 Å². The van der Waals surface area contributed by atoms with Crippen molar-refractivity contribution in [1.29, 1.82) is 0 Å². The van der Waals surface area contributed by atoms with Gasteiger partial charge in [-0.15, -0.1) is 0 Å². The van der Waals surface area contributed by atoms with Crippen LogP contribution < -0.4 is 10.2 Å². The molecule has 3 aromatic carbocycles. The van der Waals surface area contributed by atoms with Crippen molar-refractivity contribution < 1.29 is 24.4 Å². The molecular formula is C40H47BN2O5. The molecule has 0 saturated carbocycles. The van der Waals surface area contributed by atoms with Crippen molar-refractivity contribution in [1.82, 2.24) is 0 Å². The minimum Gasteiger partial charge on any atom is -0.507 e. The Kier molecular flexibility index (Phi) is 9.95. The summed E-state index contributed by atoms with van der Waals surface area (Å²) in [7, 11) is -1.00. The number of hydrogen-bond acceptors (Lipinski definition) is 6. The second kappa shape index (κ2) is 14.2. The fourth-order valence-corrected chi connectivity index (χ4v) is 8.10. The summed E-state index contributed by atoms with van der Waals surface area (Å²) >= 11 is 0. The first-order valence-electron chi connectivity index (χ1n) is 17.4. The topological polar surface area (TPSA) is 99.1 Å². The van der Waals surface area contributed by atoms with E-state index in [-0.39, 0.29) is 29.8 Å². The van der Waals surface area contributed by atoms with Crippen molar-refractivity contribution >= 4 is 42.1 Å². The third kappa shape index (κ3) is 6.74. The number of carbonyl (C=O) groups is 2. The Morgan fingerprint density at radius 2 is 1.65 bits per heavy atom. The predicted octanol–water partition coefficient (Wildman–Crippen LogP) is 8.37. The van der Waals surface area contributed by atoms with Crippen molar-refractivity contribution in [3.63, 3.8) is 0 Å². The summed E-state index contributed by atoms with van der Waals surface area (Å²) in [4.78, 5) is 29.6. The predicted molar refractivity (Wildman–Crippen MR) is 193 cm³/mol. The number of aryl methyl sites for hydroxylation is 2. The first-order valence-corrected chi connectivity index (χ1v) is 17.4. The zero-order chi connectivity index (χ0) is 34.1. The van der Waals surface area contributed by atoms with Gasteiger partial charge in [0.15, 0.2) is 0 Å². The molecule has 1 aliphatic carbocycles. The van der Waals surface area contributed by atoms with Gasteiger partial charge in [0.1, 0.15) is 5.75 Å². The quantitative estimate of drug-likeness (QED) is 0.116. The maximum absolute atomic E-state index is 14.2. The molecule has 8 heteroatoms. The monoisotopic (exact) mass is 646 g/mol. The maximum atomic E-state index is 14.2. The summed E-state index contributed by atoms with van der Waals surface area (Å²) in [6, 6.07) is 21.3. The Morgan fingerprint density at radius 1 is 0.979 bits per heavy atom. The standard InChI is InChI=1S/C40H47BN2O5/c1-6-10-27(21-28-19-25(4)38(44)26(5)20-28)13-18-35-36-32(24(2)3)22-33-37(34(36)23-41(47)48-35)40(46)43(39(33)45)31-16-14-30(15-17-31)42-29-11-8-7-9-12-29/h7-9,11-12,14-17,19-21,24,33-35,37,42,44,47H,6,10,13,18,22-23H2,1-5H3/b27-21+/t33-,34+,35-,37-/m1/s1. The molecule has 2 fully saturated rings. The molecule has 0 unspecified atom stereocenters. The van der Waals surface area contributed by atoms with E-state index >= 15 is 0 Å². The van der Waals surface area contributed by atoms with E-state index in [0.717, 1.165) is 52.9 Å². The Hall–Kier alpha value is -4.14. The number of nitrogens with one attached hydrogen (secondary N) is 1. The number of carbonyl (C=O) groups excluding carboxylic acids is 2. The summed E-state index contributed by atoms with van der Waals surface area (Å²) in [5.41, 5.74) is 8.77. The van der Waals surface area contributed by atoms with Crippen LogP contribution in [-0.4, -0.2) is 35.2 Å². The third-order valence-corrected chi connectivity index (χ3v) is 10.3. The number of allylic oxidation sites excluding steroid dienone is 2. The van der Waals surface area contributed by atoms with Crippen LogP contribution in [0, 0.1) is 37.5 Å². The van der Waals surface area contributed by atoms with Gasteiger partial charge in [0.25, 0.3) is 0 Å². The van der Waals surface area contributed by atoms with E-state index < -0.39 is 19.0 Å². The van der Waals surface area contributed by atoms with E-state index in [1.54, 1.807) is 0 Å². The van der Waals surface area contributed by atoms with Crippen LogP contribution >= 0.6 is 0 Å². The Morgan fingerprint density at radius 3 is 2.29 bits per heavy atom. The van der Waals surface area contributed by atoms with Gasteiger partial charge < -0.3 is 20.1 Å². The van der Waals surface area contributed by atoms with E-state index in [0.29, 0.717) is 30.6 Å². The molecule has 6 rings (SSSR count). The fraction of sp³-hybridized carbons (Fsp3) is 0.400. The number of benzene rings is 3. The lowest BCUT2D eigenvalue weighted by Crippen LogP contribution is -2.46. The molecule has 0 aromatic heterocycles. The van der Waals surface area contributed by atoms with E-state index in [2.05, 4.69) is 32.2 Å². The van der Waals surface area contributed by atoms with Crippen LogP contribution in [0.3, 0.4) is 0 Å². The van der Waals surface area contributed by atoms with Crippen LogP contribution in [-0.2, 0) is 14.2 Å². The van der Waals surface area contributed by atoms with Gasteiger partial charge in [0.05, 0.1) is 23.6 Å². The first-order chi connectivity index (χ1) is 23.0. The summed E-state index contributed by atoms with van der Waals surface area (Å²) < 4.78 is 6.27. The number of imide groups is 1. The average Bonchev–Trinajstić information content (AvgIpc) is 3.31. The van der Waals surface area contributed by atoms with E-state index in [9.17, 15) is 19.7 Å². The van der Waals surface area contributed by atoms with Crippen LogP contribution in [0.15, 0.2) is 83.4 Å². The smallest absolute Gasteiger partial charge is 0.455 e. The number of aromatic hydroxyl groups is 1. The van der Waals surface area contributed by atoms with Crippen molar-refractivity contribution in [2.75, 3.05) is 10.2 Å². The van der Waals surface area contributed by atoms with Gasteiger partial charge in [-0.3, -0.25) is 14.5 Å². The van der Waals surface area contributed by atoms with Crippen LogP contribution in [0.5, 0.6) is 5.75 Å². The molecule has 250 valence electrons. The molecule has 0 spiro atoms. The highest BCUT2D eigenvalue weighted by molar-refractivity contribution is 6.43. The zero-order valence-corrected chi connectivity index (χ0v) is 28.7. The minimum absolute atomic E-state index is 0.156. The van der Waals surface area contributed by atoms with Gasteiger partial charge in [-0.2, -0.15) is 0 Å². The summed E-state index contributed by atoms with van der Waals surface area (Å²) in [5.74, 6) is -1.05. The highest BCUT2D eigenvalue weighted by atomic mass is 16.5. The van der Waals surface area contributed by atoms with E-state index in [1.807, 2.05) is 80.6 Å². The molecule has 2 saturated heterocycles. The number of nitrogens with zero attached hydrogens (tertiary/aromatic N) is 1. The number of para-hydroxylation sites is 1. The third-order valence-electron chi connectivity index (χ3n) is 10.3. The van der Waals surface area contributed by atoms with Crippen LogP contribution in [0.4, 0.5) is 17.1 Å². The molecule has 2 amide bonds. The highest BCUT2D eigenvalue weighted by Gasteiger charge is 2.57. The number of anilines is 3. The number of hydrogen-bond donors (Lipinski definition) is 3. The van der Waals surface area contributed by atoms with Gasteiger partial charge in [0.2, 0.25) is 11.8 Å². The first kappa shape index (κ1) is 33.8. The molecule has 48 heavy (non-hydrogen) atoms. The maximum Gasteiger partial charge on any atom is 0.455 e. The van der Waals surface area contributed by atoms with Gasteiger partial charge in [0, 0.05) is 11.4 Å². The Bertz CT molecular complexity index is 1710. The van der Waals surface area contributed by atoms with Crippen LogP contribution in [0.25, 0.3) is 6.08 Å². The number of rotatable bonds is 10. The van der Waals surface area contributed by atoms with Gasteiger partial charge in [-0.05, 0) is 128 Å². The molecule has 3 aliphatic rings. The summed E-state index contributed by atoms with van der Waals surface area (Å²) in [5, 5.41) is 24.7. The Labute approximate surface area is 284 Å². The normalized spacial score (nSPS) is 22.8. The molecule has 2 aliphatic heterocycles. The number of phenols is 1. The minimum atomic E-state index is -1.00. The van der Waals surface area contributed by atoms with E-state index in [4.69, 9.17) is 4.65 Å². The fourth-order valence-electron chi connectivity index (χ4n) is 8.10. The van der Waals surface area contributed by atoms with Crippen molar-refractivity contribution in [3.8, 4) is 5.75 Å². The molecular weight excluding hydrogens is 599 g/mol. The van der Waals surface area contributed by atoms with E-state index in [1.165, 1.54) is 16.0 Å². The summed E-state index contributed by atoms with van der Waals surface area (Å²) in [6.07, 6.45) is 6.11. The lowest BCUT2D eigenvalue weighted by molar-refractivity contribution is -0.122. The molecule has 3 aromatic rings. The summed E-state index contributed by atoms with van der Waals surface area (Å²) in [6.45, 7) is 10.3. The largest absolute Gasteiger partial charge is 0.507 e. The number of fused-ring (bicyclic) bond motifs is 3. The molecule has 0 bridgehead atoms. The highest BCUT2D eigenvalue weighted by Crippen LogP contribution is 2.52. The lowest BCUT2D eigenvalue weighted by atomic mass is 9.57. The second-order valence-corrected chi connectivity index (χ2v) is 14.0. The van der Waals surface area contributed by atoms with Crippen molar-refractivity contribution in [2.45, 2.75) is 79.1 Å². The molecule has 0 radical (unpaired) electrons. The number of phenolic OH excluding ortho intramolecular Hbond substituents is 1. The van der Waals surface area contributed by atoms with Crippen LogP contribution in [0.2, 0.25) is 6.32 Å². The zero-order valence-electron chi connectivity index (χ0n) is 28.7. The molecule has 3 N–H and O–H groups in total. The van der Waals surface area contributed by atoms with Crippen LogP contribution in [0.1, 0.15) is 69.6 Å². The Balaban J connectivity index is 1.25.